The Kier molecular flexibility index (Phi) is 7.58. The Bertz CT molecular complexity index is 939. The highest BCUT2D eigenvalue weighted by Gasteiger charge is 2.29. The Balaban J connectivity index is 1.25. The summed E-state index contributed by atoms with van der Waals surface area (Å²) < 4.78 is 1.47. The number of amides is 1. The van der Waals surface area contributed by atoms with E-state index in [1.807, 2.05) is 30.3 Å². The molecule has 0 radical (unpaired) electrons. The number of anilines is 1. The number of aromatic nitrogens is 2. The molecule has 1 atom stereocenters. The minimum atomic E-state index is -0.120. The molecule has 1 aliphatic heterocycles. The van der Waals surface area contributed by atoms with Gasteiger partial charge in [-0.2, -0.15) is 5.10 Å². The first-order chi connectivity index (χ1) is 15.6. The van der Waals surface area contributed by atoms with E-state index in [0.717, 1.165) is 30.8 Å². The molecule has 1 aromatic heterocycles. The fourth-order valence-electron chi connectivity index (χ4n) is 4.89. The monoisotopic (exact) mass is 437 g/mol. The largest absolute Gasteiger partial charge is 0.369 e. The van der Waals surface area contributed by atoms with Crippen LogP contribution in [0.15, 0.2) is 47.4 Å². The molecule has 1 aliphatic carbocycles. The number of carbonyl (C=O) groups excluding carboxylic acids is 1. The van der Waals surface area contributed by atoms with E-state index in [1.54, 1.807) is 12.3 Å². The van der Waals surface area contributed by atoms with Crippen LogP contribution in [0.25, 0.3) is 0 Å². The van der Waals surface area contributed by atoms with Gasteiger partial charge in [0.1, 0.15) is 0 Å². The molecular formula is C25H35N5O2. The number of rotatable bonds is 8. The summed E-state index contributed by atoms with van der Waals surface area (Å²) in [6.07, 6.45) is 9.11. The maximum absolute atomic E-state index is 12.7. The van der Waals surface area contributed by atoms with Crippen molar-refractivity contribution in [2.45, 2.75) is 51.1 Å². The zero-order valence-corrected chi connectivity index (χ0v) is 19.1. The second-order valence-electron chi connectivity index (χ2n) is 9.19. The molecule has 2 aliphatic rings. The Morgan fingerprint density at radius 1 is 1.16 bits per heavy atom. The molecule has 2 fully saturated rings. The van der Waals surface area contributed by atoms with E-state index < -0.39 is 0 Å². The van der Waals surface area contributed by atoms with Gasteiger partial charge in [-0.15, -0.1) is 0 Å². The summed E-state index contributed by atoms with van der Waals surface area (Å²) in [6.45, 7) is 3.45. The third-order valence-electron chi connectivity index (χ3n) is 6.92. The average molecular weight is 438 g/mol. The molecule has 1 unspecified atom stereocenters. The van der Waals surface area contributed by atoms with Crippen LogP contribution in [0.1, 0.15) is 44.1 Å². The van der Waals surface area contributed by atoms with Crippen LogP contribution in [-0.2, 0) is 11.3 Å². The van der Waals surface area contributed by atoms with E-state index in [-0.39, 0.29) is 17.4 Å². The van der Waals surface area contributed by atoms with E-state index in [4.69, 9.17) is 0 Å². The lowest BCUT2D eigenvalue weighted by Gasteiger charge is -2.31. The first kappa shape index (κ1) is 22.5. The van der Waals surface area contributed by atoms with E-state index in [0.29, 0.717) is 25.7 Å². The van der Waals surface area contributed by atoms with Crippen molar-refractivity contribution in [3.8, 4) is 0 Å². The van der Waals surface area contributed by atoms with E-state index >= 15 is 0 Å². The van der Waals surface area contributed by atoms with Crippen molar-refractivity contribution in [3.63, 3.8) is 0 Å². The van der Waals surface area contributed by atoms with Crippen molar-refractivity contribution in [3.05, 3.63) is 58.5 Å². The average Bonchev–Trinajstić information content (AvgIpc) is 3.32. The van der Waals surface area contributed by atoms with Crippen LogP contribution in [0.3, 0.4) is 0 Å². The fraction of sp³-hybridized carbons (Fsp3) is 0.560. The SMILES string of the molecule is CN(CCNC(=O)C1CCN(c2cnn(Cc3ccccc3)c(=O)c2)C1)C1CCCCC1. The molecule has 1 saturated carbocycles. The van der Waals surface area contributed by atoms with Gasteiger partial charge in [0.25, 0.3) is 5.56 Å². The Hall–Kier alpha value is -2.67. The summed E-state index contributed by atoms with van der Waals surface area (Å²) in [4.78, 5) is 29.7. The third kappa shape index (κ3) is 5.76. The van der Waals surface area contributed by atoms with Crippen LogP contribution in [-0.4, -0.2) is 59.9 Å². The molecule has 2 heterocycles. The van der Waals surface area contributed by atoms with Crippen LogP contribution in [0.2, 0.25) is 0 Å². The molecule has 1 aromatic carbocycles. The van der Waals surface area contributed by atoms with E-state index in [2.05, 4.69) is 27.3 Å². The zero-order valence-electron chi connectivity index (χ0n) is 19.1. The predicted molar refractivity (Wildman–Crippen MR) is 127 cm³/mol. The van der Waals surface area contributed by atoms with Gasteiger partial charge in [0.15, 0.2) is 0 Å². The zero-order chi connectivity index (χ0) is 22.3. The number of benzene rings is 1. The van der Waals surface area contributed by atoms with Crippen molar-refractivity contribution >= 4 is 11.6 Å². The van der Waals surface area contributed by atoms with Gasteiger partial charge in [0, 0.05) is 38.3 Å². The molecule has 172 valence electrons. The number of carbonyl (C=O) groups is 1. The maximum atomic E-state index is 12.7. The summed E-state index contributed by atoms with van der Waals surface area (Å²) in [6, 6.07) is 12.1. The smallest absolute Gasteiger partial charge is 0.269 e. The molecule has 32 heavy (non-hydrogen) atoms. The lowest BCUT2D eigenvalue weighted by atomic mass is 9.94. The Morgan fingerprint density at radius 2 is 1.94 bits per heavy atom. The summed E-state index contributed by atoms with van der Waals surface area (Å²) >= 11 is 0. The number of nitrogens with zero attached hydrogens (tertiary/aromatic N) is 4. The number of likely N-dealkylation sites (N-methyl/N-ethyl adjacent to an activating group) is 1. The van der Waals surface area contributed by atoms with Gasteiger partial charge in [-0.3, -0.25) is 9.59 Å². The van der Waals surface area contributed by atoms with Gasteiger partial charge in [0.2, 0.25) is 5.91 Å². The van der Waals surface area contributed by atoms with E-state index in [1.165, 1.54) is 36.8 Å². The topological polar surface area (TPSA) is 70.5 Å². The van der Waals surface area contributed by atoms with Crippen LogP contribution < -0.4 is 15.8 Å². The predicted octanol–water partition coefficient (Wildman–Crippen LogP) is 2.50. The third-order valence-corrected chi connectivity index (χ3v) is 6.92. The van der Waals surface area contributed by atoms with Crippen molar-refractivity contribution < 1.29 is 4.79 Å². The number of nitrogens with one attached hydrogen (secondary N) is 1. The summed E-state index contributed by atoms with van der Waals surface area (Å²) in [5.41, 5.74) is 1.72. The van der Waals surface area contributed by atoms with E-state index in [9.17, 15) is 9.59 Å². The minimum Gasteiger partial charge on any atom is -0.369 e. The quantitative estimate of drug-likeness (QED) is 0.687. The number of hydrogen-bond donors (Lipinski definition) is 1. The molecule has 1 amide bonds. The highest BCUT2D eigenvalue weighted by atomic mass is 16.2. The van der Waals surface area contributed by atoms with Crippen molar-refractivity contribution in [1.82, 2.24) is 20.0 Å². The van der Waals surface area contributed by atoms with Crippen molar-refractivity contribution in [2.75, 3.05) is 38.1 Å². The lowest BCUT2D eigenvalue weighted by Crippen LogP contribution is -2.41. The van der Waals surface area contributed by atoms with Crippen LogP contribution in [0.5, 0.6) is 0 Å². The molecular weight excluding hydrogens is 402 g/mol. The van der Waals surface area contributed by atoms with Crippen molar-refractivity contribution in [2.24, 2.45) is 5.92 Å². The lowest BCUT2D eigenvalue weighted by molar-refractivity contribution is -0.124. The first-order valence-corrected chi connectivity index (χ1v) is 11.9. The normalized spacial score (nSPS) is 19.4. The molecule has 0 bridgehead atoms. The Morgan fingerprint density at radius 3 is 2.69 bits per heavy atom. The standard InChI is InChI=1S/C25H35N5O2/c1-28(22-10-6-3-7-11-22)15-13-26-25(32)21-12-14-29(19-21)23-16-24(31)30(27-17-23)18-20-8-4-2-5-9-20/h2,4-5,8-9,16-17,21-22H,3,6-7,10-15,18-19H2,1H3,(H,26,32). The highest BCUT2D eigenvalue weighted by Crippen LogP contribution is 2.23. The number of hydrogen-bond acceptors (Lipinski definition) is 5. The summed E-state index contributed by atoms with van der Waals surface area (Å²) in [5, 5.41) is 7.48. The molecule has 4 rings (SSSR count). The molecule has 1 N–H and O–H groups in total. The van der Waals surface area contributed by atoms with Gasteiger partial charge < -0.3 is 15.1 Å². The maximum Gasteiger partial charge on any atom is 0.269 e. The summed E-state index contributed by atoms with van der Waals surface area (Å²) in [5.74, 6) is 0.0802. The summed E-state index contributed by atoms with van der Waals surface area (Å²) in [7, 11) is 2.17. The molecule has 7 heteroatoms. The second kappa shape index (κ2) is 10.8. The molecule has 1 saturated heterocycles. The molecule has 2 aromatic rings. The van der Waals surface area contributed by atoms with Gasteiger partial charge in [0.05, 0.1) is 24.3 Å². The molecule has 7 nitrogen and oxygen atoms in total. The fourth-order valence-corrected chi connectivity index (χ4v) is 4.89. The van der Waals surface area contributed by atoms with Gasteiger partial charge in [-0.1, -0.05) is 49.6 Å². The molecule has 0 spiro atoms. The van der Waals surface area contributed by atoms with Gasteiger partial charge in [-0.05, 0) is 31.9 Å². The van der Waals surface area contributed by atoms with Crippen LogP contribution >= 0.6 is 0 Å². The van der Waals surface area contributed by atoms with Crippen LogP contribution in [0.4, 0.5) is 5.69 Å². The van der Waals surface area contributed by atoms with Gasteiger partial charge in [-0.25, -0.2) is 4.68 Å². The minimum absolute atomic E-state index is 0.0401. The highest BCUT2D eigenvalue weighted by molar-refractivity contribution is 5.80. The second-order valence-corrected chi connectivity index (χ2v) is 9.19. The van der Waals surface area contributed by atoms with Gasteiger partial charge >= 0.3 is 0 Å². The van der Waals surface area contributed by atoms with Crippen molar-refractivity contribution in [1.29, 1.82) is 0 Å². The Labute approximate surface area is 190 Å². The van der Waals surface area contributed by atoms with Crippen LogP contribution in [0, 0.1) is 5.92 Å². The first-order valence-electron chi connectivity index (χ1n) is 11.9.